The Morgan fingerprint density at radius 1 is 1.29 bits per heavy atom. The molecular formula is C16H20N4O. The first-order valence-electron chi connectivity index (χ1n) is 7.30. The quantitative estimate of drug-likeness (QED) is 0.902. The molecule has 0 unspecified atom stereocenters. The Morgan fingerprint density at radius 2 is 2.00 bits per heavy atom. The summed E-state index contributed by atoms with van der Waals surface area (Å²) in [6.45, 7) is 3.99. The van der Waals surface area contributed by atoms with E-state index in [0.29, 0.717) is 5.56 Å². The fourth-order valence-electron chi connectivity index (χ4n) is 2.61. The van der Waals surface area contributed by atoms with Gasteiger partial charge in [-0.25, -0.2) is 4.68 Å². The molecule has 1 amide bonds. The number of amides is 1. The van der Waals surface area contributed by atoms with E-state index in [4.69, 9.17) is 0 Å². The average Bonchev–Trinajstić information content (AvgIpc) is 2.98. The molecule has 2 N–H and O–H groups in total. The minimum absolute atomic E-state index is 0.0541. The summed E-state index contributed by atoms with van der Waals surface area (Å²) in [6.07, 6.45) is 5.29. The van der Waals surface area contributed by atoms with Gasteiger partial charge in [0, 0.05) is 11.7 Å². The van der Waals surface area contributed by atoms with Crippen molar-refractivity contribution in [2.24, 2.45) is 0 Å². The third-order valence-corrected chi connectivity index (χ3v) is 3.99. The maximum Gasteiger partial charge on any atom is 0.254 e. The predicted molar refractivity (Wildman–Crippen MR) is 81.5 cm³/mol. The molecule has 0 saturated carbocycles. The highest BCUT2D eigenvalue weighted by Crippen LogP contribution is 2.18. The molecule has 0 radical (unpaired) electrons. The fraction of sp³-hybridized carbons (Fsp3) is 0.375. The molecule has 2 aromatic rings. The molecule has 2 heterocycles. The molecule has 21 heavy (non-hydrogen) atoms. The number of aromatic nitrogens is 2. The summed E-state index contributed by atoms with van der Waals surface area (Å²) < 4.78 is 1.72. The molecule has 1 aliphatic heterocycles. The molecule has 0 bridgehead atoms. The Labute approximate surface area is 124 Å². The van der Waals surface area contributed by atoms with Crippen LogP contribution in [0.4, 0.5) is 0 Å². The molecule has 1 aliphatic rings. The Kier molecular flexibility index (Phi) is 3.75. The van der Waals surface area contributed by atoms with Gasteiger partial charge in [0.25, 0.3) is 5.91 Å². The van der Waals surface area contributed by atoms with E-state index >= 15 is 0 Å². The molecule has 1 fully saturated rings. The van der Waals surface area contributed by atoms with Gasteiger partial charge in [-0.2, -0.15) is 5.10 Å². The maximum atomic E-state index is 12.4. The normalized spacial score (nSPS) is 17.4. The molecule has 0 spiro atoms. The van der Waals surface area contributed by atoms with Crippen LogP contribution >= 0.6 is 0 Å². The molecule has 110 valence electrons. The van der Waals surface area contributed by atoms with Crippen molar-refractivity contribution in [2.45, 2.75) is 25.3 Å². The van der Waals surface area contributed by atoms with Crippen LogP contribution in [0.25, 0.3) is 5.69 Å². The number of nitrogens with zero attached hydrogens (tertiary/aromatic N) is 2. The Morgan fingerprint density at radius 3 is 2.71 bits per heavy atom. The second-order valence-electron chi connectivity index (χ2n) is 5.77. The van der Waals surface area contributed by atoms with Crippen molar-refractivity contribution in [1.29, 1.82) is 0 Å². The monoisotopic (exact) mass is 284 g/mol. The number of hydrogen-bond donors (Lipinski definition) is 2. The maximum absolute atomic E-state index is 12.4. The Hall–Kier alpha value is -2.14. The number of hydrogen-bond acceptors (Lipinski definition) is 3. The molecule has 1 aromatic heterocycles. The van der Waals surface area contributed by atoms with Crippen LogP contribution in [-0.2, 0) is 0 Å². The van der Waals surface area contributed by atoms with Gasteiger partial charge in [-0.15, -0.1) is 0 Å². The summed E-state index contributed by atoms with van der Waals surface area (Å²) >= 11 is 0. The first-order chi connectivity index (χ1) is 10.2. The van der Waals surface area contributed by atoms with Gasteiger partial charge in [-0.1, -0.05) is 18.2 Å². The lowest BCUT2D eigenvalue weighted by atomic mass is 9.90. The zero-order chi connectivity index (χ0) is 14.7. The summed E-state index contributed by atoms with van der Waals surface area (Å²) in [5.74, 6) is -0.0541. The minimum atomic E-state index is -0.128. The van der Waals surface area contributed by atoms with Crippen LogP contribution in [0, 0.1) is 0 Å². The molecule has 0 aliphatic carbocycles. The summed E-state index contributed by atoms with van der Waals surface area (Å²) in [5, 5.41) is 10.7. The number of carbonyl (C=O) groups is 1. The third kappa shape index (κ3) is 3.13. The van der Waals surface area contributed by atoms with Crippen molar-refractivity contribution >= 4 is 5.91 Å². The van der Waals surface area contributed by atoms with Crippen molar-refractivity contribution in [3.05, 3.63) is 48.3 Å². The van der Waals surface area contributed by atoms with Gasteiger partial charge in [0.2, 0.25) is 0 Å². The van der Waals surface area contributed by atoms with Crippen LogP contribution in [0.3, 0.4) is 0 Å². The predicted octanol–water partition coefficient (Wildman–Crippen LogP) is 1.74. The van der Waals surface area contributed by atoms with Gasteiger partial charge >= 0.3 is 0 Å². The highest BCUT2D eigenvalue weighted by atomic mass is 16.1. The van der Waals surface area contributed by atoms with Gasteiger partial charge in [-0.3, -0.25) is 4.79 Å². The molecule has 5 heteroatoms. The number of carbonyl (C=O) groups excluding carboxylic acids is 1. The molecular weight excluding hydrogens is 264 g/mol. The van der Waals surface area contributed by atoms with Gasteiger partial charge in [0.15, 0.2) is 0 Å². The zero-order valence-corrected chi connectivity index (χ0v) is 12.2. The third-order valence-electron chi connectivity index (χ3n) is 3.99. The van der Waals surface area contributed by atoms with Crippen LogP contribution < -0.4 is 10.6 Å². The molecule has 3 rings (SSSR count). The van der Waals surface area contributed by atoms with Crippen molar-refractivity contribution in [3.8, 4) is 5.69 Å². The van der Waals surface area contributed by atoms with Gasteiger partial charge in [-0.05, 0) is 45.0 Å². The lowest BCUT2D eigenvalue weighted by molar-refractivity contribution is 0.0887. The van der Waals surface area contributed by atoms with E-state index in [2.05, 4.69) is 22.7 Å². The van der Waals surface area contributed by atoms with Crippen LogP contribution in [-0.4, -0.2) is 34.3 Å². The molecule has 1 aromatic carbocycles. The van der Waals surface area contributed by atoms with Gasteiger partial charge in [0.05, 0.1) is 17.4 Å². The molecule has 5 nitrogen and oxygen atoms in total. The van der Waals surface area contributed by atoms with Gasteiger partial charge in [0.1, 0.15) is 0 Å². The van der Waals surface area contributed by atoms with E-state index in [0.717, 1.165) is 31.6 Å². The number of nitrogens with one attached hydrogen (secondary N) is 2. The number of para-hydroxylation sites is 1. The van der Waals surface area contributed by atoms with Crippen molar-refractivity contribution < 1.29 is 4.79 Å². The first-order valence-corrected chi connectivity index (χ1v) is 7.30. The van der Waals surface area contributed by atoms with Crippen LogP contribution in [0.5, 0.6) is 0 Å². The van der Waals surface area contributed by atoms with E-state index in [1.807, 2.05) is 30.3 Å². The second kappa shape index (κ2) is 5.69. The van der Waals surface area contributed by atoms with E-state index in [-0.39, 0.29) is 11.4 Å². The average molecular weight is 284 g/mol. The van der Waals surface area contributed by atoms with E-state index in [1.54, 1.807) is 17.1 Å². The van der Waals surface area contributed by atoms with Crippen LogP contribution in [0.2, 0.25) is 0 Å². The van der Waals surface area contributed by atoms with Crippen LogP contribution in [0.15, 0.2) is 42.7 Å². The minimum Gasteiger partial charge on any atom is -0.347 e. The molecule has 1 saturated heterocycles. The fourth-order valence-corrected chi connectivity index (χ4v) is 2.61. The van der Waals surface area contributed by atoms with Gasteiger partial charge < -0.3 is 10.6 Å². The molecule has 0 atom stereocenters. The lowest BCUT2D eigenvalue weighted by Crippen LogP contribution is -2.52. The Bertz CT molecular complexity index is 614. The number of piperidine rings is 1. The lowest BCUT2D eigenvalue weighted by Gasteiger charge is -2.34. The largest absolute Gasteiger partial charge is 0.347 e. The summed E-state index contributed by atoms with van der Waals surface area (Å²) in [7, 11) is 0. The van der Waals surface area contributed by atoms with Crippen molar-refractivity contribution in [2.75, 3.05) is 13.1 Å². The van der Waals surface area contributed by atoms with Crippen LogP contribution in [0.1, 0.15) is 30.1 Å². The summed E-state index contributed by atoms with van der Waals surface area (Å²) in [4.78, 5) is 12.4. The summed E-state index contributed by atoms with van der Waals surface area (Å²) in [5.41, 5.74) is 1.42. The number of benzene rings is 1. The SMILES string of the molecule is CC1(NC(=O)c2cnn(-c3ccccc3)c2)CCNCC1. The van der Waals surface area contributed by atoms with Crippen molar-refractivity contribution in [3.63, 3.8) is 0 Å². The first kappa shape index (κ1) is 13.8. The summed E-state index contributed by atoms with van der Waals surface area (Å²) in [6, 6.07) is 9.78. The Balaban J connectivity index is 1.72. The number of rotatable bonds is 3. The highest BCUT2D eigenvalue weighted by Gasteiger charge is 2.28. The second-order valence-corrected chi connectivity index (χ2v) is 5.77. The smallest absolute Gasteiger partial charge is 0.254 e. The van der Waals surface area contributed by atoms with E-state index < -0.39 is 0 Å². The standard InChI is InChI=1S/C16H20N4O/c1-16(7-9-17-10-8-16)19-15(21)13-11-18-20(12-13)14-5-3-2-4-6-14/h2-6,11-12,17H,7-10H2,1H3,(H,19,21). The van der Waals surface area contributed by atoms with E-state index in [9.17, 15) is 4.79 Å². The zero-order valence-electron chi connectivity index (χ0n) is 12.2. The highest BCUT2D eigenvalue weighted by molar-refractivity contribution is 5.94. The van der Waals surface area contributed by atoms with E-state index in [1.165, 1.54) is 0 Å². The topological polar surface area (TPSA) is 59.0 Å². The van der Waals surface area contributed by atoms with Crippen molar-refractivity contribution in [1.82, 2.24) is 20.4 Å².